The monoisotopic (exact) mass is 341 g/mol. The molecule has 0 spiro atoms. The van der Waals surface area contributed by atoms with E-state index >= 15 is 0 Å². The molecule has 2 aromatic rings. The summed E-state index contributed by atoms with van der Waals surface area (Å²) in [6.07, 6.45) is -1.37. The fourth-order valence-corrected chi connectivity index (χ4v) is 2.78. The minimum Gasteiger partial charge on any atom is -0.465 e. The molecule has 1 saturated heterocycles. The summed E-state index contributed by atoms with van der Waals surface area (Å²) in [6.45, 7) is 1.68. The van der Waals surface area contributed by atoms with Crippen molar-refractivity contribution >= 4 is 17.2 Å². The number of alkyl halides is 2. The molecule has 1 aromatic carbocycles. The lowest BCUT2D eigenvalue weighted by Crippen LogP contribution is -2.48. The van der Waals surface area contributed by atoms with Crippen molar-refractivity contribution in [2.24, 2.45) is 0 Å². The summed E-state index contributed by atoms with van der Waals surface area (Å²) in [5.74, 6) is -3.74. The van der Waals surface area contributed by atoms with Gasteiger partial charge in [-0.3, -0.25) is 9.88 Å². The number of nitrogens with zero attached hydrogens (tertiary/aromatic N) is 2. The first-order valence-electron chi connectivity index (χ1n) is 7.56. The predicted molar refractivity (Wildman–Crippen MR) is 81.4 cm³/mol. The fourth-order valence-electron chi connectivity index (χ4n) is 2.78. The third kappa shape index (κ3) is 3.40. The number of fused-ring (bicyclic) bond motifs is 1. The van der Waals surface area contributed by atoms with Crippen LogP contribution in [0, 0.1) is 0 Å². The average Bonchev–Trinajstić information content (AvgIpc) is 2.92. The topological polar surface area (TPSA) is 89.8 Å². The van der Waals surface area contributed by atoms with Crippen LogP contribution < -0.4 is 5.76 Å². The molecule has 1 aliphatic rings. The lowest BCUT2D eigenvalue weighted by Gasteiger charge is -2.33. The molecule has 0 bridgehead atoms. The Morgan fingerprint density at radius 2 is 2.00 bits per heavy atom. The summed E-state index contributed by atoms with van der Waals surface area (Å²) in [7, 11) is 0. The number of oxazole rings is 1. The van der Waals surface area contributed by atoms with E-state index in [1.165, 1.54) is 23.1 Å². The lowest BCUT2D eigenvalue weighted by atomic mass is 10.0. The summed E-state index contributed by atoms with van der Waals surface area (Å²) < 4.78 is 33.6. The molecule has 1 amide bonds. The number of hydrogen-bond donors (Lipinski definition) is 2. The molecule has 0 unspecified atom stereocenters. The molecule has 0 aliphatic carbocycles. The van der Waals surface area contributed by atoms with Crippen LogP contribution in [0.15, 0.2) is 27.4 Å². The van der Waals surface area contributed by atoms with Crippen LogP contribution in [0.2, 0.25) is 0 Å². The van der Waals surface area contributed by atoms with Gasteiger partial charge in [-0.2, -0.15) is 0 Å². The highest BCUT2D eigenvalue weighted by Crippen LogP contribution is 2.33. The zero-order valence-electron chi connectivity index (χ0n) is 12.8. The highest BCUT2D eigenvalue weighted by Gasteiger charge is 2.33. The Morgan fingerprint density at radius 3 is 2.67 bits per heavy atom. The van der Waals surface area contributed by atoms with E-state index in [0.29, 0.717) is 31.7 Å². The SMILES string of the molecule is O=C(O)N1CCN(CCC(F)(F)c2ccc3[nH]c(=O)oc3c2)CC1. The van der Waals surface area contributed by atoms with Crippen molar-refractivity contribution in [3.8, 4) is 0 Å². The summed E-state index contributed by atoms with van der Waals surface area (Å²) in [4.78, 5) is 27.4. The molecule has 24 heavy (non-hydrogen) atoms. The molecule has 0 saturated carbocycles. The third-order valence-corrected chi connectivity index (χ3v) is 4.23. The third-order valence-electron chi connectivity index (χ3n) is 4.23. The van der Waals surface area contributed by atoms with Crippen molar-refractivity contribution in [1.82, 2.24) is 14.8 Å². The van der Waals surface area contributed by atoms with Crippen molar-refractivity contribution in [2.75, 3.05) is 32.7 Å². The van der Waals surface area contributed by atoms with E-state index in [4.69, 9.17) is 9.52 Å². The Kier molecular flexibility index (Phi) is 4.27. The van der Waals surface area contributed by atoms with Crippen LogP contribution in [-0.2, 0) is 5.92 Å². The Bertz CT molecular complexity index is 793. The largest absolute Gasteiger partial charge is 0.465 e. The minimum atomic E-state index is -3.06. The van der Waals surface area contributed by atoms with Gasteiger partial charge in [0.15, 0.2) is 5.58 Å². The molecule has 2 N–H and O–H groups in total. The molecular weight excluding hydrogens is 324 g/mol. The van der Waals surface area contributed by atoms with Gasteiger partial charge >= 0.3 is 11.8 Å². The van der Waals surface area contributed by atoms with Gasteiger partial charge in [-0.1, -0.05) is 6.07 Å². The number of rotatable bonds is 4. The molecule has 2 heterocycles. The zero-order chi connectivity index (χ0) is 17.3. The van der Waals surface area contributed by atoms with Gasteiger partial charge in [0.05, 0.1) is 5.52 Å². The first kappa shape index (κ1) is 16.4. The van der Waals surface area contributed by atoms with Crippen molar-refractivity contribution in [1.29, 1.82) is 0 Å². The molecule has 0 atom stereocenters. The normalized spacial score (nSPS) is 16.7. The average molecular weight is 341 g/mol. The summed E-state index contributed by atoms with van der Waals surface area (Å²) in [6, 6.07) is 3.85. The molecule has 1 aromatic heterocycles. The van der Waals surface area contributed by atoms with Crippen LogP contribution in [-0.4, -0.2) is 58.7 Å². The number of aromatic amines is 1. The Labute approximate surface area is 135 Å². The number of piperazine rings is 1. The Balaban J connectivity index is 1.62. The second-order valence-electron chi connectivity index (χ2n) is 5.79. The highest BCUT2D eigenvalue weighted by atomic mass is 19.3. The van der Waals surface area contributed by atoms with E-state index in [-0.39, 0.29) is 24.1 Å². The van der Waals surface area contributed by atoms with Crippen LogP contribution in [0.4, 0.5) is 13.6 Å². The molecule has 1 aliphatic heterocycles. The number of carbonyl (C=O) groups is 1. The van der Waals surface area contributed by atoms with Gasteiger partial charge in [0.25, 0.3) is 5.92 Å². The van der Waals surface area contributed by atoms with Crippen LogP contribution in [0.25, 0.3) is 11.1 Å². The molecule has 1 fully saturated rings. The maximum absolute atomic E-state index is 14.4. The first-order valence-corrected chi connectivity index (χ1v) is 7.56. The lowest BCUT2D eigenvalue weighted by molar-refractivity contribution is -0.0249. The van der Waals surface area contributed by atoms with E-state index in [9.17, 15) is 18.4 Å². The molecule has 130 valence electrons. The second kappa shape index (κ2) is 6.23. The van der Waals surface area contributed by atoms with Gasteiger partial charge < -0.3 is 14.4 Å². The number of hydrogen-bond acceptors (Lipinski definition) is 4. The molecular formula is C15H17F2N3O4. The van der Waals surface area contributed by atoms with Crippen molar-refractivity contribution in [3.05, 3.63) is 34.3 Å². The van der Waals surface area contributed by atoms with Crippen LogP contribution in [0.5, 0.6) is 0 Å². The van der Waals surface area contributed by atoms with Crippen molar-refractivity contribution < 1.29 is 23.1 Å². The van der Waals surface area contributed by atoms with Gasteiger partial charge in [-0.25, -0.2) is 18.4 Å². The quantitative estimate of drug-likeness (QED) is 0.886. The summed E-state index contributed by atoms with van der Waals surface area (Å²) in [5, 5.41) is 8.87. The number of aromatic nitrogens is 1. The van der Waals surface area contributed by atoms with Gasteiger partial charge in [-0.15, -0.1) is 0 Å². The first-order chi connectivity index (χ1) is 11.3. The number of benzene rings is 1. The maximum atomic E-state index is 14.4. The molecule has 7 nitrogen and oxygen atoms in total. The number of amides is 1. The Hall–Kier alpha value is -2.42. The van der Waals surface area contributed by atoms with E-state index in [2.05, 4.69) is 4.98 Å². The number of nitrogens with one attached hydrogen (secondary N) is 1. The van der Waals surface area contributed by atoms with Crippen LogP contribution in [0.1, 0.15) is 12.0 Å². The molecule has 0 radical (unpaired) electrons. The minimum absolute atomic E-state index is 0.104. The Morgan fingerprint density at radius 1 is 1.29 bits per heavy atom. The standard InChI is InChI=1S/C15H17F2N3O4/c16-15(17,3-4-19-5-7-20(8-6-19)14(22)23)10-1-2-11-12(9-10)24-13(21)18-11/h1-2,9H,3-8H2,(H,18,21)(H,22,23). The summed E-state index contributed by atoms with van der Waals surface area (Å²) >= 11 is 0. The van der Waals surface area contributed by atoms with Crippen LogP contribution in [0.3, 0.4) is 0 Å². The van der Waals surface area contributed by atoms with E-state index < -0.39 is 17.8 Å². The molecule has 9 heteroatoms. The highest BCUT2D eigenvalue weighted by molar-refractivity contribution is 5.73. The fraction of sp³-hybridized carbons (Fsp3) is 0.467. The van der Waals surface area contributed by atoms with E-state index in [1.807, 2.05) is 4.90 Å². The number of carboxylic acid groups (broad SMARTS) is 1. The van der Waals surface area contributed by atoms with E-state index in [1.54, 1.807) is 0 Å². The second-order valence-corrected chi connectivity index (χ2v) is 5.79. The van der Waals surface area contributed by atoms with Crippen LogP contribution >= 0.6 is 0 Å². The van der Waals surface area contributed by atoms with Crippen molar-refractivity contribution in [2.45, 2.75) is 12.3 Å². The van der Waals surface area contributed by atoms with E-state index in [0.717, 1.165) is 0 Å². The van der Waals surface area contributed by atoms with Crippen molar-refractivity contribution in [3.63, 3.8) is 0 Å². The predicted octanol–water partition coefficient (Wildman–Crippen LogP) is 1.90. The summed E-state index contributed by atoms with van der Waals surface area (Å²) in [5.41, 5.74) is 0.276. The smallest absolute Gasteiger partial charge is 0.417 e. The zero-order valence-corrected chi connectivity index (χ0v) is 12.8. The molecule has 3 rings (SSSR count). The van der Waals surface area contributed by atoms with Gasteiger partial charge in [0, 0.05) is 44.7 Å². The number of halogens is 2. The van der Waals surface area contributed by atoms with Gasteiger partial charge in [0.1, 0.15) is 0 Å². The van der Waals surface area contributed by atoms with Gasteiger partial charge in [-0.05, 0) is 12.1 Å². The number of H-pyrrole nitrogens is 1. The maximum Gasteiger partial charge on any atom is 0.417 e. The van der Waals surface area contributed by atoms with Gasteiger partial charge in [0.2, 0.25) is 0 Å².